The molecule has 1 aromatic carbocycles. The van der Waals surface area contributed by atoms with Gasteiger partial charge in [0.15, 0.2) is 0 Å². The summed E-state index contributed by atoms with van der Waals surface area (Å²) in [5, 5.41) is 13.3. The zero-order valence-electron chi connectivity index (χ0n) is 16.2. The lowest BCUT2D eigenvalue weighted by molar-refractivity contribution is -0.136. The normalized spacial score (nSPS) is 13.2. The molecule has 29 heavy (non-hydrogen) atoms. The molecule has 0 atom stereocenters. The van der Waals surface area contributed by atoms with Crippen molar-refractivity contribution < 1.29 is 14.7 Å². The first kappa shape index (κ1) is 18.9. The minimum absolute atomic E-state index is 0.0472. The monoisotopic (exact) mass is 390 g/mol. The Morgan fingerprint density at radius 3 is 2.69 bits per heavy atom. The Hall–Kier alpha value is -3.48. The van der Waals surface area contributed by atoms with E-state index < -0.39 is 5.97 Å². The van der Waals surface area contributed by atoms with Crippen LogP contribution in [0.4, 0.5) is 0 Å². The van der Waals surface area contributed by atoms with E-state index in [2.05, 4.69) is 10.1 Å². The summed E-state index contributed by atoms with van der Waals surface area (Å²) in [5.74, 6) is -0.887. The first-order chi connectivity index (χ1) is 14.0. The van der Waals surface area contributed by atoms with E-state index in [4.69, 9.17) is 5.11 Å². The number of aromatic nitrogens is 3. The topological polar surface area (TPSA) is 88.3 Å². The highest BCUT2D eigenvalue weighted by molar-refractivity contribution is 6.01. The average molecular weight is 390 g/mol. The van der Waals surface area contributed by atoms with Gasteiger partial charge in [0.25, 0.3) is 5.91 Å². The Kier molecular flexibility index (Phi) is 5.12. The van der Waals surface area contributed by atoms with Crippen LogP contribution >= 0.6 is 0 Å². The molecule has 7 heteroatoms. The number of hydrogen-bond acceptors (Lipinski definition) is 4. The van der Waals surface area contributed by atoms with Gasteiger partial charge in [-0.1, -0.05) is 30.3 Å². The molecule has 0 unspecified atom stereocenters. The summed E-state index contributed by atoms with van der Waals surface area (Å²) in [6.45, 7) is 3.45. The van der Waals surface area contributed by atoms with Crippen molar-refractivity contribution in [2.75, 3.05) is 6.54 Å². The van der Waals surface area contributed by atoms with Crippen molar-refractivity contribution in [1.29, 1.82) is 0 Å². The third-order valence-corrected chi connectivity index (χ3v) is 5.17. The predicted octanol–water partition coefficient (Wildman–Crippen LogP) is 2.93. The molecule has 7 nitrogen and oxygen atoms in total. The van der Waals surface area contributed by atoms with Crippen LogP contribution in [0.3, 0.4) is 0 Å². The number of carbonyl (C=O) groups is 2. The molecule has 0 aliphatic carbocycles. The van der Waals surface area contributed by atoms with Gasteiger partial charge in [0, 0.05) is 19.2 Å². The second-order valence-corrected chi connectivity index (χ2v) is 7.16. The van der Waals surface area contributed by atoms with Gasteiger partial charge in [-0.2, -0.15) is 5.10 Å². The molecule has 3 heterocycles. The number of carboxylic acids is 1. The first-order valence-corrected chi connectivity index (χ1v) is 9.60. The molecule has 0 radical (unpaired) electrons. The van der Waals surface area contributed by atoms with E-state index in [1.165, 1.54) is 0 Å². The van der Waals surface area contributed by atoms with Gasteiger partial charge in [-0.3, -0.25) is 19.3 Å². The van der Waals surface area contributed by atoms with E-state index in [0.29, 0.717) is 37.3 Å². The largest absolute Gasteiger partial charge is 0.481 e. The lowest BCUT2D eigenvalue weighted by Crippen LogP contribution is -2.39. The van der Waals surface area contributed by atoms with E-state index in [-0.39, 0.29) is 12.3 Å². The molecule has 148 valence electrons. The number of aliphatic carboxylic acids is 1. The summed E-state index contributed by atoms with van der Waals surface area (Å²) in [6, 6.07) is 13.6. The maximum Gasteiger partial charge on any atom is 0.303 e. The summed E-state index contributed by atoms with van der Waals surface area (Å²) in [4.78, 5) is 30.4. The van der Waals surface area contributed by atoms with Gasteiger partial charge in [-0.05, 0) is 30.2 Å². The van der Waals surface area contributed by atoms with Gasteiger partial charge in [-0.25, -0.2) is 0 Å². The molecule has 0 spiro atoms. The molecular weight excluding hydrogens is 368 g/mol. The fraction of sp³-hybridized carbons (Fsp3) is 0.273. The van der Waals surface area contributed by atoms with Crippen molar-refractivity contribution >= 4 is 11.9 Å². The number of benzene rings is 1. The van der Waals surface area contributed by atoms with Crippen molar-refractivity contribution in [2.24, 2.45) is 0 Å². The SMILES string of the molecule is Cc1nccc(-c2ccccc2)c1C(=O)N1CCn2nc(CCC(=O)O)cc2C1. The Labute approximate surface area is 168 Å². The molecule has 0 fully saturated rings. The van der Waals surface area contributed by atoms with E-state index in [0.717, 1.165) is 22.5 Å². The van der Waals surface area contributed by atoms with Crippen LogP contribution in [0.2, 0.25) is 0 Å². The van der Waals surface area contributed by atoms with Crippen molar-refractivity contribution in [3.05, 3.63) is 71.3 Å². The Morgan fingerprint density at radius 1 is 1.14 bits per heavy atom. The highest BCUT2D eigenvalue weighted by Crippen LogP contribution is 2.27. The minimum Gasteiger partial charge on any atom is -0.481 e. The number of amides is 1. The number of pyridine rings is 1. The Bertz CT molecular complexity index is 1060. The number of carboxylic acid groups (broad SMARTS) is 1. The van der Waals surface area contributed by atoms with Crippen molar-refractivity contribution in [3.8, 4) is 11.1 Å². The van der Waals surface area contributed by atoms with Crippen LogP contribution in [0.5, 0.6) is 0 Å². The fourth-order valence-electron chi connectivity index (χ4n) is 3.71. The molecule has 0 saturated carbocycles. The molecule has 0 bridgehead atoms. The molecular formula is C22H22N4O3. The fourth-order valence-corrected chi connectivity index (χ4v) is 3.71. The smallest absolute Gasteiger partial charge is 0.303 e. The molecule has 1 N–H and O–H groups in total. The van der Waals surface area contributed by atoms with Gasteiger partial charge in [0.1, 0.15) is 0 Å². The lowest BCUT2D eigenvalue weighted by atomic mass is 9.98. The number of hydrogen-bond donors (Lipinski definition) is 1. The quantitative estimate of drug-likeness (QED) is 0.724. The summed E-state index contributed by atoms with van der Waals surface area (Å²) >= 11 is 0. The van der Waals surface area contributed by atoms with Crippen LogP contribution in [0.25, 0.3) is 11.1 Å². The minimum atomic E-state index is -0.840. The third kappa shape index (κ3) is 3.89. The van der Waals surface area contributed by atoms with Crippen LogP contribution in [-0.2, 0) is 24.3 Å². The highest BCUT2D eigenvalue weighted by atomic mass is 16.4. The van der Waals surface area contributed by atoms with Crippen molar-refractivity contribution in [2.45, 2.75) is 32.9 Å². The number of fused-ring (bicyclic) bond motifs is 1. The second-order valence-electron chi connectivity index (χ2n) is 7.16. The maximum absolute atomic E-state index is 13.4. The van der Waals surface area contributed by atoms with Gasteiger partial charge in [0.2, 0.25) is 0 Å². The molecule has 0 saturated heterocycles. The van der Waals surface area contributed by atoms with Crippen LogP contribution < -0.4 is 0 Å². The first-order valence-electron chi connectivity index (χ1n) is 9.60. The summed E-state index contributed by atoms with van der Waals surface area (Å²) in [7, 11) is 0. The molecule has 1 aliphatic rings. The lowest BCUT2D eigenvalue weighted by Gasteiger charge is -2.28. The summed E-state index contributed by atoms with van der Waals surface area (Å²) < 4.78 is 1.87. The molecule has 2 aromatic heterocycles. The Balaban J connectivity index is 1.60. The maximum atomic E-state index is 13.4. The van der Waals surface area contributed by atoms with Crippen LogP contribution in [0, 0.1) is 6.92 Å². The van der Waals surface area contributed by atoms with Gasteiger partial charge in [0.05, 0.1) is 42.2 Å². The molecule has 4 rings (SSSR count). The van der Waals surface area contributed by atoms with E-state index in [1.54, 1.807) is 6.20 Å². The van der Waals surface area contributed by atoms with E-state index in [9.17, 15) is 9.59 Å². The van der Waals surface area contributed by atoms with Crippen LogP contribution in [-0.4, -0.2) is 43.2 Å². The molecule has 3 aromatic rings. The third-order valence-electron chi connectivity index (χ3n) is 5.17. The van der Waals surface area contributed by atoms with Crippen LogP contribution in [0.1, 0.15) is 33.9 Å². The number of carbonyl (C=O) groups excluding carboxylic acids is 1. The Morgan fingerprint density at radius 2 is 1.93 bits per heavy atom. The zero-order chi connectivity index (χ0) is 20.4. The standard InChI is InChI=1S/C22H22N4O3/c1-15-21(19(9-10-23-15)16-5-3-2-4-6-16)22(29)25-11-12-26-18(14-25)13-17(24-26)7-8-20(27)28/h2-6,9-10,13H,7-8,11-12,14H2,1H3,(H,27,28). The van der Waals surface area contributed by atoms with Crippen LogP contribution in [0.15, 0.2) is 48.7 Å². The highest BCUT2D eigenvalue weighted by Gasteiger charge is 2.26. The molecule has 1 aliphatic heterocycles. The van der Waals surface area contributed by atoms with Gasteiger partial charge >= 0.3 is 5.97 Å². The summed E-state index contributed by atoms with van der Waals surface area (Å²) in [5.41, 5.74) is 4.87. The van der Waals surface area contributed by atoms with Crippen molar-refractivity contribution in [3.63, 3.8) is 0 Å². The van der Waals surface area contributed by atoms with Gasteiger partial charge in [-0.15, -0.1) is 0 Å². The van der Waals surface area contributed by atoms with Crippen molar-refractivity contribution in [1.82, 2.24) is 19.7 Å². The number of nitrogens with zero attached hydrogens (tertiary/aromatic N) is 4. The predicted molar refractivity (Wildman–Crippen MR) is 107 cm³/mol. The van der Waals surface area contributed by atoms with E-state index in [1.807, 2.05) is 59.0 Å². The molecule has 1 amide bonds. The number of aryl methyl sites for hydroxylation is 2. The second kappa shape index (κ2) is 7.87. The summed E-state index contributed by atoms with van der Waals surface area (Å²) in [6.07, 6.45) is 2.17. The van der Waals surface area contributed by atoms with E-state index >= 15 is 0 Å². The average Bonchev–Trinajstić information content (AvgIpc) is 3.14. The van der Waals surface area contributed by atoms with Gasteiger partial charge < -0.3 is 10.0 Å². The zero-order valence-corrected chi connectivity index (χ0v) is 16.2. The number of rotatable bonds is 5.